The predicted molar refractivity (Wildman–Crippen MR) is 101 cm³/mol. The fourth-order valence-electron chi connectivity index (χ4n) is 2.75. The van der Waals surface area contributed by atoms with Gasteiger partial charge < -0.3 is 5.32 Å². The molecule has 0 radical (unpaired) electrons. The van der Waals surface area contributed by atoms with E-state index in [1.165, 1.54) is 6.33 Å². The molecule has 3 rings (SSSR count). The molecule has 1 amide bonds. The minimum absolute atomic E-state index is 0.0340. The molecule has 2 aromatic heterocycles. The molecule has 0 aliphatic rings. The van der Waals surface area contributed by atoms with Crippen molar-refractivity contribution in [1.82, 2.24) is 24.5 Å². The molecule has 0 saturated heterocycles. The van der Waals surface area contributed by atoms with E-state index in [1.807, 2.05) is 41.2 Å². The van der Waals surface area contributed by atoms with E-state index in [-0.39, 0.29) is 11.4 Å². The van der Waals surface area contributed by atoms with Crippen LogP contribution in [0.4, 0.5) is 5.82 Å². The van der Waals surface area contributed by atoms with Gasteiger partial charge in [-0.1, -0.05) is 30.3 Å². The molecular formula is C19H24N6O. The average molecular weight is 352 g/mol. The molecule has 0 unspecified atom stereocenters. The maximum absolute atomic E-state index is 12.5. The average Bonchev–Trinajstić information content (AvgIpc) is 3.25. The van der Waals surface area contributed by atoms with Gasteiger partial charge in [-0.25, -0.2) is 9.67 Å². The van der Waals surface area contributed by atoms with Crippen LogP contribution in [-0.4, -0.2) is 30.5 Å². The molecule has 7 heteroatoms. The third-order valence-electron chi connectivity index (χ3n) is 4.00. The van der Waals surface area contributed by atoms with Crippen molar-refractivity contribution in [3.05, 3.63) is 49.2 Å². The van der Waals surface area contributed by atoms with E-state index in [0.717, 1.165) is 16.9 Å². The molecule has 7 nitrogen and oxygen atoms in total. The largest absolute Gasteiger partial charge is 0.310 e. The van der Waals surface area contributed by atoms with Gasteiger partial charge in [0.2, 0.25) is 5.91 Å². The summed E-state index contributed by atoms with van der Waals surface area (Å²) in [6.45, 7) is 6.86. The van der Waals surface area contributed by atoms with Gasteiger partial charge in [0, 0.05) is 18.5 Å². The summed E-state index contributed by atoms with van der Waals surface area (Å²) >= 11 is 0. The summed E-state index contributed by atoms with van der Waals surface area (Å²) < 4.78 is 3.59. The lowest BCUT2D eigenvalue weighted by Gasteiger charge is -2.23. The van der Waals surface area contributed by atoms with E-state index in [0.29, 0.717) is 19.4 Å². The Morgan fingerprint density at radius 3 is 2.58 bits per heavy atom. The molecule has 136 valence electrons. The van der Waals surface area contributed by atoms with Gasteiger partial charge >= 0.3 is 0 Å². The number of hydrogen-bond donors (Lipinski definition) is 1. The molecule has 1 N–H and O–H groups in total. The smallest absolute Gasteiger partial charge is 0.225 e. The first-order chi connectivity index (χ1) is 12.4. The summed E-state index contributed by atoms with van der Waals surface area (Å²) in [5.74, 6) is 0.697. The second-order valence-electron chi connectivity index (χ2n) is 7.17. The monoisotopic (exact) mass is 352 g/mol. The maximum Gasteiger partial charge on any atom is 0.225 e. The number of hydrogen-bond acceptors (Lipinski definition) is 4. The first-order valence-electron chi connectivity index (χ1n) is 8.71. The molecule has 0 spiro atoms. The molecule has 0 saturated carbocycles. The Morgan fingerprint density at radius 1 is 1.15 bits per heavy atom. The topological polar surface area (TPSA) is 77.6 Å². The van der Waals surface area contributed by atoms with Crippen LogP contribution in [0.5, 0.6) is 0 Å². The lowest BCUT2D eigenvalue weighted by Crippen LogP contribution is -2.27. The number of carbonyl (C=O) groups is 1. The van der Waals surface area contributed by atoms with Gasteiger partial charge in [-0.05, 0) is 32.8 Å². The Kier molecular flexibility index (Phi) is 5.16. The molecule has 0 aliphatic heterocycles. The summed E-state index contributed by atoms with van der Waals surface area (Å²) in [6.07, 6.45) is 6.06. The molecule has 0 aliphatic carbocycles. The van der Waals surface area contributed by atoms with Crippen molar-refractivity contribution in [1.29, 1.82) is 0 Å². The van der Waals surface area contributed by atoms with Gasteiger partial charge in [0.25, 0.3) is 0 Å². The predicted octanol–water partition coefficient (Wildman–Crippen LogP) is 3.32. The highest BCUT2D eigenvalue weighted by molar-refractivity contribution is 5.94. The Bertz CT molecular complexity index is 846. The summed E-state index contributed by atoms with van der Waals surface area (Å²) in [5, 5.41) is 11.6. The standard InChI is InChI=1S/C19H24N6O/c1-19(2,3)25-18(16(12-21-25)15-8-5-4-6-9-15)23-17(26)10-7-11-24-14-20-13-22-24/h4-6,8-9,12-14H,7,10-11H2,1-3H3,(H,23,26). The highest BCUT2D eigenvalue weighted by atomic mass is 16.1. The van der Waals surface area contributed by atoms with Crippen LogP contribution in [0.2, 0.25) is 0 Å². The van der Waals surface area contributed by atoms with Crippen LogP contribution >= 0.6 is 0 Å². The van der Waals surface area contributed by atoms with E-state index in [1.54, 1.807) is 11.0 Å². The maximum atomic E-state index is 12.5. The van der Waals surface area contributed by atoms with Crippen molar-refractivity contribution < 1.29 is 4.79 Å². The van der Waals surface area contributed by atoms with Crippen molar-refractivity contribution >= 4 is 11.7 Å². The number of rotatable bonds is 6. The number of amides is 1. The van der Waals surface area contributed by atoms with E-state index in [9.17, 15) is 4.79 Å². The lowest BCUT2D eigenvalue weighted by molar-refractivity contribution is -0.116. The summed E-state index contributed by atoms with van der Waals surface area (Å²) in [5.41, 5.74) is 1.71. The molecule has 0 atom stereocenters. The molecule has 0 bridgehead atoms. The van der Waals surface area contributed by atoms with Gasteiger partial charge in [0.1, 0.15) is 18.5 Å². The summed E-state index contributed by atoms with van der Waals surface area (Å²) in [7, 11) is 0. The number of nitrogens with zero attached hydrogens (tertiary/aromatic N) is 5. The van der Waals surface area contributed by atoms with Crippen LogP contribution in [0.15, 0.2) is 49.2 Å². The molecule has 26 heavy (non-hydrogen) atoms. The van der Waals surface area contributed by atoms with E-state index < -0.39 is 0 Å². The summed E-state index contributed by atoms with van der Waals surface area (Å²) in [4.78, 5) is 16.4. The van der Waals surface area contributed by atoms with Gasteiger partial charge in [0.05, 0.1) is 11.7 Å². The third kappa shape index (κ3) is 4.17. The van der Waals surface area contributed by atoms with Crippen LogP contribution < -0.4 is 5.32 Å². The molecular weight excluding hydrogens is 328 g/mol. The zero-order chi connectivity index (χ0) is 18.6. The second-order valence-corrected chi connectivity index (χ2v) is 7.17. The first kappa shape index (κ1) is 17.8. The summed E-state index contributed by atoms with van der Waals surface area (Å²) in [6, 6.07) is 9.97. The van der Waals surface area contributed by atoms with Crippen molar-refractivity contribution in [3.63, 3.8) is 0 Å². The highest BCUT2D eigenvalue weighted by Crippen LogP contribution is 2.31. The molecule has 2 heterocycles. The van der Waals surface area contributed by atoms with Crippen molar-refractivity contribution in [3.8, 4) is 11.1 Å². The quantitative estimate of drug-likeness (QED) is 0.738. The minimum Gasteiger partial charge on any atom is -0.310 e. The van der Waals surface area contributed by atoms with Crippen molar-refractivity contribution in [2.24, 2.45) is 0 Å². The number of carbonyl (C=O) groups excluding carboxylic acids is 1. The Morgan fingerprint density at radius 2 is 1.92 bits per heavy atom. The molecule has 0 fully saturated rings. The number of anilines is 1. The molecule has 3 aromatic rings. The third-order valence-corrected chi connectivity index (χ3v) is 4.00. The highest BCUT2D eigenvalue weighted by Gasteiger charge is 2.23. The van der Waals surface area contributed by atoms with Crippen LogP contribution in [0.25, 0.3) is 11.1 Å². The Hall–Kier alpha value is -2.96. The van der Waals surface area contributed by atoms with Gasteiger partial charge in [-0.2, -0.15) is 10.2 Å². The van der Waals surface area contributed by atoms with Crippen LogP contribution in [-0.2, 0) is 16.9 Å². The normalized spacial score (nSPS) is 11.5. The fraction of sp³-hybridized carbons (Fsp3) is 0.368. The van der Waals surface area contributed by atoms with Crippen LogP contribution in [0.3, 0.4) is 0 Å². The minimum atomic E-state index is -0.240. The van der Waals surface area contributed by atoms with E-state index in [4.69, 9.17) is 0 Å². The Balaban J connectivity index is 1.76. The lowest BCUT2D eigenvalue weighted by atomic mass is 10.1. The van der Waals surface area contributed by atoms with Crippen LogP contribution in [0.1, 0.15) is 33.6 Å². The number of aryl methyl sites for hydroxylation is 1. The van der Waals surface area contributed by atoms with Gasteiger partial charge in [-0.3, -0.25) is 9.48 Å². The van der Waals surface area contributed by atoms with E-state index in [2.05, 4.69) is 41.3 Å². The number of nitrogens with one attached hydrogen (secondary N) is 1. The van der Waals surface area contributed by atoms with Crippen molar-refractivity contribution in [2.45, 2.75) is 45.7 Å². The number of aromatic nitrogens is 5. The zero-order valence-corrected chi connectivity index (χ0v) is 15.4. The van der Waals surface area contributed by atoms with Gasteiger partial charge in [-0.15, -0.1) is 0 Å². The van der Waals surface area contributed by atoms with Crippen molar-refractivity contribution in [2.75, 3.05) is 5.32 Å². The Labute approximate surface area is 153 Å². The SMILES string of the molecule is CC(C)(C)n1ncc(-c2ccccc2)c1NC(=O)CCCn1cncn1. The first-order valence-corrected chi connectivity index (χ1v) is 8.71. The number of benzene rings is 1. The fourth-order valence-corrected chi connectivity index (χ4v) is 2.75. The second kappa shape index (κ2) is 7.51. The van der Waals surface area contributed by atoms with Crippen LogP contribution in [0, 0.1) is 0 Å². The molecule has 1 aromatic carbocycles. The van der Waals surface area contributed by atoms with Gasteiger partial charge in [0.15, 0.2) is 0 Å². The van der Waals surface area contributed by atoms with E-state index >= 15 is 0 Å². The zero-order valence-electron chi connectivity index (χ0n) is 15.4.